The van der Waals surface area contributed by atoms with Gasteiger partial charge in [0.2, 0.25) is 0 Å². The Morgan fingerprint density at radius 3 is 2.57 bits per heavy atom. The van der Waals surface area contributed by atoms with Crippen LogP contribution in [0.15, 0.2) is 46.5 Å². The van der Waals surface area contributed by atoms with Crippen molar-refractivity contribution < 1.29 is 18.4 Å². The van der Waals surface area contributed by atoms with E-state index in [0.717, 1.165) is 4.47 Å². The summed E-state index contributed by atoms with van der Waals surface area (Å²) in [6, 6.07) is 7.16. The second-order valence-electron chi connectivity index (χ2n) is 6.71. The van der Waals surface area contributed by atoms with Crippen molar-refractivity contribution in [3.05, 3.63) is 52.0 Å². The average Bonchev–Trinajstić information content (AvgIpc) is 2.63. The van der Waals surface area contributed by atoms with Gasteiger partial charge in [0.05, 0.1) is 30.6 Å². The number of nitrogens with zero attached hydrogens (tertiary/aromatic N) is 1. The first kappa shape index (κ1) is 22.6. The molecule has 0 aromatic heterocycles. The molecular formula is C20H24BrN2O4P. The number of carbonyl (C=O) groups excluding carboxylic acids is 1. The molecule has 0 aliphatic heterocycles. The standard InChI is InChI=1S/C20H24BrN2O4P/c1-4-26-28(25,27-5-2)14-20(3)10-8-15(9-11-20)19(24)23-18-7-6-17(21)12-16(18)13-22/h6-10,12H,4-5,11,14H2,1-3H3,(H,23,24). The van der Waals surface area contributed by atoms with Crippen LogP contribution in [0.4, 0.5) is 5.69 Å². The van der Waals surface area contributed by atoms with Crippen LogP contribution in [0.3, 0.4) is 0 Å². The molecule has 8 heteroatoms. The van der Waals surface area contributed by atoms with Gasteiger partial charge in [-0.25, -0.2) is 0 Å². The maximum Gasteiger partial charge on any atom is 0.331 e. The fourth-order valence-corrected chi connectivity index (χ4v) is 5.46. The molecule has 2 rings (SSSR count). The van der Waals surface area contributed by atoms with Gasteiger partial charge in [-0.15, -0.1) is 0 Å². The van der Waals surface area contributed by atoms with E-state index in [4.69, 9.17) is 9.05 Å². The van der Waals surface area contributed by atoms with E-state index in [1.165, 1.54) is 0 Å². The lowest BCUT2D eigenvalue weighted by molar-refractivity contribution is -0.112. The minimum absolute atomic E-state index is 0.245. The smallest absolute Gasteiger partial charge is 0.321 e. The molecule has 0 bridgehead atoms. The van der Waals surface area contributed by atoms with Crippen LogP contribution in [0.5, 0.6) is 0 Å². The lowest BCUT2D eigenvalue weighted by Crippen LogP contribution is -2.24. The molecule has 0 saturated carbocycles. The lowest BCUT2D eigenvalue weighted by Gasteiger charge is -2.31. The predicted molar refractivity (Wildman–Crippen MR) is 113 cm³/mol. The first-order chi connectivity index (χ1) is 13.2. The Morgan fingerprint density at radius 1 is 1.36 bits per heavy atom. The van der Waals surface area contributed by atoms with E-state index in [1.54, 1.807) is 38.1 Å². The molecule has 0 spiro atoms. The summed E-state index contributed by atoms with van der Waals surface area (Å²) in [6.45, 7) is 6.15. The Kier molecular flexibility index (Phi) is 7.79. The quantitative estimate of drug-likeness (QED) is 0.516. The number of allylic oxidation sites excluding steroid dienone is 2. The van der Waals surface area contributed by atoms with E-state index in [2.05, 4.69) is 27.3 Å². The minimum Gasteiger partial charge on any atom is -0.321 e. The van der Waals surface area contributed by atoms with Gasteiger partial charge in [-0.2, -0.15) is 5.26 Å². The van der Waals surface area contributed by atoms with Crippen molar-refractivity contribution in [3.63, 3.8) is 0 Å². The number of hydrogen-bond acceptors (Lipinski definition) is 5. The summed E-state index contributed by atoms with van der Waals surface area (Å²) in [7, 11) is -3.19. The molecule has 1 aliphatic carbocycles. The second-order valence-corrected chi connectivity index (χ2v) is 9.68. The largest absolute Gasteiger partial charge is 0.331 e. The number of nitrogens with one attached hydrogen (secondary N) is 1. The van der Waals surface area contributed by atoms with Crippen molar-refractivity contribution in [2.75, 3.05) is 24.7 Å². The van der Waals surface area contributed by atoms with Crippen LogP contribution in [0, 0.1) is 16.7 Å². The van der Waals surface area contributed by atoms with Gasteiger partial charge in [-0.3, -0.25) is 9.36 Å². The van der Waals surface area contributed by atoms with Crippen LogP contribution >= 0.6 is 23.5 Å². The molecule has 1 amide bonds. The molecule has 1 aliphatic rings. The highest BCUT2D eigenvalue weighted by atomic mass is 79.9. The summed E-state index contributed by atoms with van der Waals surface area (Å²) in [5.41, 5.74) is 0.892. The van der Waals surface area contributed by atoms with Crippen molar-refractivity contribution in [2.24, 2.45) is 5.41 Å². The number of halogens is 1. The number of anilines is 1. The Labute approximate surface area is 174 Å². The van der Waals surface area contributed by atoms with Gasteiger partial charge in [0.25, 0.3) is 5.91 Å². The Bertz CT molecular complexity index is 881. The Balaban J connectivity index is 2.09. The highest BCUT2D eigenvalue weighted by Crippen LogP contribution is 2.54. The number of rotatable bonds is 8. The molecule has 1 unspecified atom stereocenters. The molecule has 1 N–H and O–H groups in total. The maximum absolute atomic E-state index is 12.8. The first-order valence-corrected chi connectivity index (χ1v) is 11.5. The topological polar surface area (TPSA) is 88.4 Å². The predicted octanol–water partition coefficient (Wildman–Crippen LogP) is 5.42. The Hall–Kier alpha value is -1.71. The molecule has 28 heavy (non-hydrogen) atoms. The van der Waals surface area contributed by atoms with Gasteiger partial charge in [0.1, 0.15) is 6.07 Å². The molecule has 0 saturated heterocycles. The third kappa shape index (κ3) is 5.89. The Morgan fingerprint density at radius 2 is 2.04 bits per heavy atom. The normalized spacial score (nSPS) is 19.0. The van der Waals surface area contributed by atoms with Crippen LogP contribution in [0.2, 0.25) is 0 Å². The zero-order chi connectivity index (χ0) is 20.8. The van der Waals surface area contributed by atoms with Gasteiger partial charge in [0.15, 0.2) is 0 Å². The van der Waals surface area contributed by atoms with Crippen molar-refractivity contribution in [3.8, 4) is 6.07 Å². The fraction of sp³-hybridized carbons (Fsp3) is 0.400. The summed E-state index contributed by atoms with van der Waals surface area (Å²) in [4.78, 5) is 12.6. The van der Waals surface area contributed by atoms with Crippen molar-refractivity contribution in [1.29, 1.82) is 5.26 Å². The van der Waals surface area contributed by atoms with Gasteiger partial charge in [0, 0.05) is 15.5 Å². The monoisotopic (exact) mass is 466 g/mol. The molecule has 1 aromatic rings. The van der Waals surface area contributed by atoms with Crippen LogP contribution in [-0.2, 0) is 18.4 Å². The number of hydrogen-bond donors (Lipinski definition) is 1. The molecule has 150 valence electrons. The fourth-order valence-electron chi connectivity index (χ4n) is 2.93. The molecule has 0 heterocycles. The summed E-state index contributed by atoms with van der Waals surface area (Å²) < 4.78 is 24.4. The third-order valence-electron chi connectivity index (χ3n) is 4.27. The number of amides is 1. The third-order valence-corrected chi connectivity index (χ3v) is 7.18. The van der Waals surface area contributed by atoms with Gasteiger partial charge >= 0.3 is 7.60 Å². The molecule has 6 nitrogen and oxygen atoms in total. The van der Waals surface area contributed by atoms with Gasteiger partial charge in [-0.1, -0.05) is 41.1 Å². The van der Waals surface area contributed by atoms with E-state index >= 15 is 0 Å². The van der Waals surface area contributed by atoms with E-state index in [9.17, 15) is 14.6 Å². The van der Waals surface area contributed by atoms with E-state index in [0.29, 0.717) is 36.5 Å². The number of benzene rings is 1. The number of nitriles is 1. The highest BCUT2D eigenvalue weighted by molar-refractivity contribution is 9.10. The van der Waals surface area contributed by atoms with Crippen LogP contribution in [0.25, 0.3) is 0 Å². The first-order valence-electron chi connectivity index (χ1n) is 9.02. The summed E-state index contributed by atoms with van der Waals surface area (Å²) in [5.74, 6) is -0.296. The van der Waals surface area contributed by atoms with Crippen molar-refractivity contribution >= 4 is 35.1 Å². The van der Waals surface area contributed by atoms with Crippen LogP contribution in [-0.4, -0.2) is 25.3 Å². The molecule has 1 aromatic carbocycles. The summed E-state index contributed by atoms with van der Waals surface area (Å²) in [5, 5.41) is 12.0. The molecule has 0 fully saturated rings. The van der Waals surface area contributed by atoms with Crippen LogP contribution < -0.4 is 5.32 Å². The highest BCUT2D eigenvalue weighted by Gasteiger charge is 2.36. The van der Waals surface area contributed by atoms with E-state index in [-0.39, 0.29) is 12.1 Å². The zero-order valence-corrected chi connectivity index (χ0v) is 18.7. The molecule has 1 atom stereocenters. The SMILES string of the molecule is CCOP(=O)(CC1(C)C=CC(C(=O)Nc2ccc(Br)cc2C#N)=CC1)OCC. The zero-order valence-electron chi connectivity index (χ0n) is 16.2. The lowest BCUT2D eigenvalue weighted by atomic mass is 9.83. The van der Waals surface area contributed by atoms with Crippen molar-refractivity contribution in [2.45, 2.75) is 27.2 Å². The average molecular weight is 467 g/mol. The van der Waals surface area contributed by atoms with E-state index in [1.807, 2.05) is 19.1 Å². The van der Waals surface area contributed by atoms with E-state index < -0.39 is 13.0 Å². The minimum atomic E-state index is -3.19. The molecular weight excluding hydrogens is 443 g/mol. The van der Waals surface area contributed by atoms with Crippen LogP contribution in [0.1, 0.15) is 32.8 Å². The summed E-state index contributed by atoms with van der Waals surface area (Å²) >= 11 is 3.31. The van der Waals surface area contributed by atoms with Gasteiger partial charge < -0.3 is 14.4 Å². The maximum atomic E-state index is 12.8. The van der Waals surface area contributed by atoms with Gasteiger partial charge in [-0.05, 0) is 38.5 Å². The van der Waals surface area contributed by atoms with Crippen molar-refractivity contribution in [1.82, 2.24) is 0 Å². The molecule has 0 radical (unpaired) electrons. The second kappa shape index (κ2) is 9.67. The number of carbonyl (C=O) groups is 1. The summed E-state index contributed by atoms with van der Waals surface area (Å²) in [6.07, 6.45) is 6.17.